The minimum absolute atomic E-state index is 0.409. The van der Waals surface area contributed by atoms with Gasteiger partial charge in [-0.2, -0.15) is 5.26 Å². The Morgan fingerprint density at radius 1 is 1.14 bits per heavy atom. The Labute approximate surface area is 122 Å². The van der Waals surface area contributed by atoms with Crippen molar-refractivity contribution in [2.45, 2.75) is 6.54 Å². The second-order valence-corrected chi connectivity index (χ2v) is 4.58. The highest BCUT2D eigenvalue weighted by atomic mass is 16.5. The van der Waals surface area contributed by atoms with Crippen molar-refractivity contribution in [3.8, 4) is 17.6 Å². The number of rotatable bonds is 3. The third-order valence-corrected chi connectivity index (χ3v) is 3.20. The summed E-state index contributed by atoms with van der Waals surface area (Å²) >= 11 is 0. The van der Waals surface area contributed by atoms with E-state index in [1.807, 2.05) is 48.5 Å². The van der Waals surface area contributed by atoms with Gasteiger partial charge in [0.05, 0.1) is 5.52 Å². The fourth-order valence-electron chi connectivity index (χ4n) is 2.16. The van der Waals surface area contributed by atoms with Crippen LogP contribution in [-0.4, -0.2) is 4.98 Å². The normalized spacial score (nSPS) is 10.3. The maximum absolute atomic E-state index is 9.27. The molecule has 0 saturated heterocycles. The highest BCUT2D eigenvalue weighted by Crippen LogP contribution is 2.32. The van der Waals surface area contributed by atoms with Crippen molar-refractivity contribution >= 4 is 10.9 Å². The van der Waals surface area contributed by atoms with Gasteiger partial charge in [-0.3, -0.25) is 4.98 Å². The van der Waals surface area contributed by atoms with Crippen LogP contribution in [0.25, 0.3) is 10.9 Å². The van der Waals surface area contributed by atoms with E-state index in [-0.39, 0.29) is 0 Å². The van der Waals surface area contributed by atoms with E-state index in [9.17, 15) is 5.26 Å². The van der Waals surface area contributed by atoms with Gasteiger partial charge in [0.15, 0.2) is 5.75 Å². The van der Waals surface area contributed by atoms with E-state index in [1.165, 1.54) is 6.20 Å². The van der Waals surface area contributed by atoms with E-state index in [4.69, 9.17) is 10.5 Å². The summed E-state index contributed by atoms with van der Waals surface area (Å²) in [4.78, 5) is 4.27. The molecule has 2 aromatic carbocycles. The molecule has 3 aromatic rings. The van der Waals surface area contributed by atoms with E-state index in [0.717, 1.165) is 16.5 Å². The zero-order chi connectivity index (χ0) is 14.7. The highest BCUT2D eigenvalue weighted by molar-refractivity contribution is 5.87. The molecule has 0 aliphatic rings. The van der Waals surface area contributed by atoms with Crippen LogP contribution in [0.3, 0.4) is 0 Å². The summed E-state index contributed by atoms with van der Waals surface area (Å²) in [6.45, 7) is 0.444. The lowest BCUT2D eigenvalue weighted by Gasteiger charge is -2.11. The topological polar surface area (TPSA) is 71.9 Å². The van der Waals surface area contributed by atoms with Crippen LogP contribution < -0.4 is 10.5 Å². The molecule has 0 aliphatic heterocycles. The van der Waals surface area contributed by atoms with Gasteiger partial charge in [0.25, 0.3) is 0 Å². The summed E-state index contributed by atoms with van der Waals surface area (Å²) < 4.78 is 5.94. The van der Waals surface area contributed by atoms with Crippen LogP contribution in [0.15, 0.2) is 54.7 Å². The summed E-state index contributed by atoms with van der Waals surface area (Å²) in [7, 11) is 0. The molecule has 0 amide bonds. The van der Waals surface area contributed by atoms with Gasteiger partial charge < -0.3 is 10.5 Å². The van der Waals surface area contributed by atoms with Gasteiger partial charge in [-0.15, -0.1) is 0 Å². The van der Waals surface area contributed by atoms with Crippen LogP contribution in [0.2, 0.25) is 0 Å². The highest BCUT2D eigenvalue weighted by Gasteiger charge is 2.11. The van der Waals surface area contributed by atoms with E-state index >= 15 is 0 Å². The van der Waals surface area contributed by atoms with Crippen molar-refractivity contribution in [1.82, 2.24) is 4.98 Å². The summed E-state index contributed by atoms with van der Waals surface area (Å²) in [6.07, 6.45) is 1.53. The lowest BCUT2D eigenvalue weighted by Crippen LogP contribution is -1.97. The number of aromatic nitrogens is 1. The van der Waals surface area contributed by atoms with Gasteiger partial charge >= 0.3 is 0 Å². The predicted octanol–water partition coefficient (Wildman–Crippen LogP) is 3.36. The molecular formula is C17H13N3O. The third-order valence-electron chi connectivity index (χ3n) is 3.20. The van der Waals surface area contributed by atoms with Crippen molar-refractivity contribution in [2.75, 3.05) is 0 Å². The van der Waals surface area contributed by atoms with Gasteiger partial charge in [0, 0.05) is 18.1 Å². The van der Waals surface area contributed by atoms with E-state index in [0.29, 0.717) is 23.6 Å². The van der Waals surface area contributed by atoms with Gasteiger partial charge in [0.1, 0.15) is 17.4 Å². The smallest absolute Gasteiger partial charge is 0.156 e. The number of pyridine rings is 1. The molecule has 2 N–H and O–H groups in total. The zero-order valence-electron chi connectivity index (χ0n) is 11.3. The molecule has 0 atom stereocenters. The number of hydrogen-bond acceptors (Lipinski definition) is 4. The first-order valence-electron chi connectivity index (χ1n) is 6.56. The summed E-state index contributed by atoms with van der Waals surface area (Å²) in [6, 6.07) is 17.2. The Hall–Kier alpha value is -2.90. The Kier molecular flexibility index (Phi) is 3.50. The SMILES string of the molecule is N#Cc1cnc2ccccc2c1Oc1cccc(CN)c1. The number of nitriles is 1. The minimum atomic E-state index is 0.409. The molecule has 0 saturated carbocycles. The zero-order valence-corrected chi connectivity index (χ0v) is 11.3. The number of ether oxygens (including phenoxy) is 1. The molecule has 4 nitrogen and oxygen atoms in total. The van der Waals surface area contributed by atoms with Crippen molar-refractivity contribution in [1.29, 1.82) is 5.26 Å². The molecule has 0 aliphatic carbocycles. The van der Waals surface area contributed by atoms with Crippen LogP contribution in [0.1, 0.15) is 11.1 Å². The molecule has 0 fully saturated rings. The van der Waals surface area contributed by atoms with Crippen LogP contribution in [-0.2, 0) is 6.54 Å². The minimum Gasteiger partial charge on any atom is -0.455 e. The quantitative estimate of drug-likeness (QED) is 0.795. The summed E-state index contributed by atoms with van der Waals surface area (Å²) in [5.74, 6) is 1.18. The van der Waals surface area contributed by atoms with Gasteiger partial charge in [-0.25, -0.2) is 0 Å². The van der Waals surface area contributed by atoms with Crippen LogP contribution in [0.5, 0.6) is 11.5 Å². The number of hydrogen-bond donors (Lipinski definition) is 1. The monoisotopic (exact) mass is 275 g/mol. The molecule has 1 heterocycles. The molecule has 1 aromatic heterocycles. The number of benzene rings is 2. The number of fused-ring (bicyclic) bond motifs is 1. The lowest BCUT2D eigenvalue weighted by atomic mass is 10.1. The van der Waals surface area contributed by atoms with E-state index < -0.39 is 0 Å². The predicted molar refractivity (Wildman–Crippen MR) is 80.9 cm³/mol. The average Bonchev–Trinajstić information content (AvgIpc) is 2.55. The first-order valence-corrected chi connectivity index (χ1v) is 6.56. The lowest BCUT2D eigenvalue weighted by molar-refractivity contribution is 0.485. The molecule has 0 spiro atoms. The van der Waals surface area contributed by atoms with Gasteiger partial charge in [-0.05, 0) is 29.8 Å². The number of para-hydroxylation sites is 1. The van der Waals surface area contributed by atoms with Crippen LogP contribution in [0.4, 0.5) is 0 Å². The molecule has 0 unspecified atom stereocenters. The number of nitrogens with two attached hydrogens (primary N) is 1. The molecule has 102 valence electrons. The fraction of sp³-hybridized carbons (Fsp3) is 0.0588. The van der Waals surface area contributed by atoms with Crippen molar-refractivity contribution < 1.29 is 4.74 Å². The van der Waals surface area contributed by atoms with Crippen molar-refractivity contribution in [3.63, 3.8) is 0 Å². The molecule has 0 radical (unpaired) electrons. The van der Waals surface area contributed by atoms with Crippen LogP contribution >= 0.6 is 0 Å². The van der Waals surface area contributed by atoms with Gasteiger partial charge in [0.2, 0.25) is 0 Å². The Balaban J connectivity index is 2.12. The second-order valence-electron chi connectivity index (χ2n) is 4.58. The van der Waals surface area contributed by atoms with Crippen LogP contribution in [0, 0.1) is 11.3 Å². The standard InChI is InChI=1S/C17H13N3O/c18-9-12-4-3-5-14(8-12)21-17-13(10-19)11-20-16-7-2-1-6-15(16)17/h1-8,11H,9,18H2. The van der Waals surface area contributed by atoms with Crippen molar-refractivity contribution in [2.24, 2.45) is 5.73 Å². The fourth-order valence-corrected chi connectivity index (χ4v) is 2.16. The Morgan fingerprint density at radius 2 is 2.00 bits per heavy atom. The maximum Gasteiger partial charge on any atom is 0.156 e. The maximum atomic E-state index is 9.27. The first kappa shape index (κ1) is 13.1. The number of nitrogens with zero attached hydrogens (tertiary/aromatic N) is 2. The third kappa shape index (κ3) is 2.55. The molecule has 21 heavy (non-hydrogen) atoms. The molecule has 4 heteroatoms. The van der Waals surface area contributed by atoms with E-state index in [2.05, 4.69) is 11.1 Å². The Bertz CT molecular complexity index is 837. The summed E-state index contributed by atoms with van der Waals surface area (Å²) in [5.41, 5.74) is 7.82. The Morgan fingerprint density at radius 3 is 2.81 bits per heavy atom. The van der Waals surface area contributed by atoms with Crippen molar-refractivity contribution in [3.05, 3.63) is 65.9 Å². The first-order chi connectivity index (χ1) is 10.3. The molecule has 3 rings (SSSR count). The average molecular weight is 275 g/mol. The molecular weight excluding hydrogens is 262 g/mol. The summed E-state index contributed by atoms with van der Waals surface area (Å²) in [5, 5.41) is 10.1. The molecule has 0 bridgehead atoms. The van der Waals surface area contributed by atoms with E-state index in [1.54, 1.807) is 0 Å². The largest absolute Gasteiger partial charge is 0.455 e. The van der Waals surface area contributed by atoms with Gasteiger partial charge in [-0.1, -0.05) is 24.3 Å². The second kappa shape index (κ2) is 5.61.